The molecule has 2 rings (SSSR count). The first-order valence-electron chi connectivity index (χ1n) is 6.24. The molecule has 0 aliphatic rings. The fraction of sp³-hybridized carbons (Fsp3) is 0.385. The number of hydrogen-bond donors (Lipinski definition) is 1. The van der Waals surface area contributed by atoms with E-state index >= 15 is 0 Å². The maximum atomic E-state index is 10.7. The van der Waals surface area contributed by atoms with Crippen LogP contribution >= 0.6 is 11.3 Å². The maximum absolute atomic E-state index is 10.7. The number of nitrogens with one attached hydrogen (secondary N) is 1. The molecule has 0 radical (unpaired) electrons. The second-order valence-electron chi connectivity index (χ2n) is 4.73. The summed E-state index contributed by atoms with van der Waals surface area (Å²) in [5, 5.41) is 17.0. The summed E-state index contributed by atoms with van der Waals surface area (Å²) >= 11 is 1.64. The third kappa shape index (κ3) is 3.30. The number of nitrogens with zero attached hydrogens (tertiary/aromatic N) is 3. The van der Waals surface area contributed by atoms with Gasteiger partial charge in [0.15, 0.2) is 0 Å². The number of aryl methyl sites for hydroxylation is 2. The average Bonchev–Trinajstić information content (AvgIpc) is 2.83. The molecule has 0 aliphatic carbocycles. The van der Waals surface area contributed by atoms with Crippen LogP contribution in [0.25, 0.3) is 0 Å². The molecular weight excluding hydrogens is 276 g/mol. The molecule has 0 spiro atoms. The molecule has 6 nitrogen and oxygen atoms in total. The summed E-state index contributed by atoms with van der Waals surface area (Å²) in [7, 11) is 0. The van der Waals surface area contributed by atoms with Crippen molar-refractivity contribution in [2.75, 3.05) is 11.9 Å². The van der Waals surface area contributed by atoms with Gasteiger partial charge in [-0.2, -0.15) is 0 Å². The summed E-state index contributed by atoms with van der Waals surface area (Å²) in [6.07, 6.45) is 1.27. The molecular formula is C13H16N4O2S. The van der Waals surface area contributed by atoms with Gasteiger partial charge in [0.05, 0.1) is 9.93 Å². The monoisotopic (exact) mass is 292 g/mol. The lowest BCUT2D eigenvalue weighted by atomic mass is 10.2. The number of hydrogen-bond acceptors (Lipinski definition) is 6. The highest BCUT2D eigenvalue weighted by Gasteiger charge is 2.12. The Hall–Kier alpha value is -2.02. The second kappa shape index (κ2) is 5.96. The largest absolute Gasteiger partial charge is 0.369 e. The van der Waals surface area contributed by atoms with Gasteiger partial charge in [0.2, 0.25) is 0 Å². The maximum Gasteiger partial charge on any atom is 0.287 e. The summed E-state index contributed by atoms with van der Waals surface area (Å²) < 4.78 is 0. The molecule has 0 aromatic carbocycles. The van der Waals surface area contributed by atoms with Gasteiger partial charge in [-0.3, -0.25) is 10.1 Å². The van der Waals surface area contributed by atoms with Crippen molar-refractivity contribution < 1.29 is 4.92 Å². The normalized spacial score (nSPS) is 12.2. The Kier molecular flexibility index (Phi) is 4.29. The molecule has 2 aromatic rings. The number of nitro groups is 1. The summed E-state index contributed by atoms with van der Waals surface area (Å²) in [6.45, 7) is 6.56. The second-order valence-corrected chi connectivity index (χ2v) is 5.61. The van der Waals surface area contributed by atoms with Gasteiger partial charge >= 0.3 is 0 Å². The van der Waals surface area contributed by atoms with E-state index in [0.29, 0.717) is 12.4 Å². The number of rotatable bonds is 5. The highest BCUT2D eigenvalue weighted by atomic mass is 32.1. The minimum atomic E-state index is -0.440. The number of thiazole rings is 1. The first kappa shape index (κ1) is 14.4. The first-order chi connectivity index (χ1) is 9.47. The molecule has 1 atom stereocenters. The van der Waals surface area contributed by atoms with Crippen LogP contribution in [0.15, 0.2) is 17.6 Å². The highest BCUT2D eigenvalue weighted by Crippen LogP contribution is 2.22. The molecule has 0 aliphatic heterocycles. The van der Waals surface area contributed by atoms with E-state index in [0.717, 1.165) is 16.3 Å². The van der Waals surface area contributed by atoms with E-state index in [1.165, 1.54) is 12.3 Å². The van der Waals surface area contributed by atoms with Crippen LogP contribution in [0.3, 0.4) is 0 Å². The van der Waals surface area contributed by atoms with Gasteiger partial charge in [0, 0.05) is 29.6 Å². The summed E-state index contributed by atoms with van der Waals surface area (Å²) in [6, 6.07) is 1.52. The standard InChI is InChI=1S/C13H16N4O2S/c1-8-4-11(17(18)19)6-15-12(8)14-5-9(2)13-16-10(3)7-20-13/h4,6-7,9H,5H2,1-3H3,(H,14,15)/t9-/m1/s1. The van der Waals surface area contributed by atoms with Crippen LogP contribution in [-0.4, -0.2) is 21.4 Å². The molecule has 7 heteroatoms. The van der Waals surface area contributed by atoms with Gasteiger partial charge in [-0.1, -0.05) is 6.92 Å². The average molecular weight is 292 g/mol. The van der Waals surface area contributed by atoms with Crippen molar-refractivity contribution in [1.29, 1.82) is 0 Å². The van der Waals surface area contributed by atoms with E-state index in [1.54, 1.807) is 18.3 Å². The van der Waals surface area contributed by atoms with E-state index in [-0.39, 0.29) is 11.6 Å². The fourth-order valence-electron chi connectivity index (χ4n) is 1.78. The van der Waals surface area contributed by atoms with Gasteiger partial charge < -0.3 is 5.32 Å². The lowest BCUT2D eigenvalue weighted by molar-refractivity contribution is -0.385. The molecule has 0 unspecified atom stereocenters. The third-order valence-electron chi connectivity index (χ3n) is 2.91. The quantitative estimate of drug-likeness (QED) is 0.675. The lowest BCUT2D eigenvalue weighted by Gasteiger charge is -2.12. The van der Waals surface area contributed by atoms with E-state index in [4.69, 9.17) is 0 Å². The Morgan fingerprint density at radius 1 is 1.50 bits per heavy atom. The minimum absolute atomic E-state index is 0.0108. The molecule has 0 bridgehead atoms. The van der Waals surface area contributed by atoms with Crippen molar-refractivity contribution in [3.8, 4) is 0 Å². The molecule has 2 heterocycles. The predicted molar refractivity (Wildman–Crippen MR) is 79.4 cm³/mol. The van der Waals surface area contributed by atoms with Crippen molar-refractivity contribution in [1.82, 2.24) is 9.97 Å². The van der Waals surface area contributed by atoms with Gasteiger partial charge in [-0.05, 0) is 19.4 Å². The molecule has 2 aromatic heterocycles. The van der Waals surface area contributed by atoms with Crippen molar-refractivity contribution in [3.63, 3.8) is 0 Å². The zero-order valence-electron chi connectivity index (χ0n) is 11.6. The summed E-state index contributed by atoms with van der Waals surface area (Å²) in [4.78, 5) is 18.8. The Labute approximate surface area is 121 Å². The third-order valence-corrected chi connectivity index (χ3v) is 4.10. The SMILES string of the molecule is Cc1csc([C@H](C)CNc2ncc([N+](=O)[O-])cc2C)n1. The van der Waals surface area contributed by atoms with Gasteiger partial charge in [0.1, 0.15) is 12.0 Å². The van der Waals surface area contributed by atoms with Crippen LogP contribution in [0.5, 0.6) is 0 Å². The Balaban J connectivity index is 2.02. The van der Waals surface area contributed by atoms with Crippen LogP contribution < -0.4 is 5.32 Å². The first-order valence-corrected chi connectivity index (χ1v) is 7.12. The molecule has 0 saturated carbocycles. The smallest absolute Gasteiger partial charge is 0.287 e. The summed E-state index contributed by atoms with van der Waals surface area (Å²) in [5.74, 6) is 0.945. The van der Waals surface area contributed by atoms with Gasteiger partial charge in [-0.25, -0.2) is 9.97 Å². The van der Waals surface area contributed by atoms with E-state index in [1.807, 2.05) is 12.3 Å². The van der Waals surface area contributed by atoms with E-state index in [2.05, 4.69) is 22.2 Å². The van der Waals surface area contributed by atoms with Crippen LogP contribution in [-0.2, 0) is 0 Å². The van der Waals surface area contributed by atoms with Crippen LogP contribution in [0.4, 0.5) is 11.5 Å². The molecule has 1 N–H and O–H groups in total. The van der Waals surface area contributed by atoms with Gasteiger partial charge in [-0.15, -0.1) is 11.3 Å². The van der Waals surface area contributed by atoms with Gasteiger partial charge in [0.25, 0.3) is 5.69 Å². The predicted octanol–water partition coefficient (Wildman–Crippen LogP) is 3.28. The molecule has 20 heavy (non-hydrogen) atoms. The van der Waals surface area contributed by atoms with Crippen molar-refractivity contribution in [3.05, 3.63) is 44.0 Å². The fourth-order valence-corrected chi connectivity index (χ4v) is 2.64. The van der Waals surface area contributed by atoms with Crippen molar-refractivity contribution >= 4 is 22.8 Å². The number of aromatic nitrogens is 2. The van der Waals surface area contributed by atoms with E-state index < -0.39 is 4.92 Å². The molecule has 0 amide bonds. The molecule has 106 valence electrons. The Morgan fingerprint density at radius 2 is 2.25 bits per heavy atom. The number of pyridine rings is 1. The van der Waals surface area contributed by atoms with Crippen molar-refractivity contribution in [2.24, 2.45) is 0 Å². The van der Waals surface area contributed by atoms with E-state index in [9.17, 15) is 10.1 Å². The van der Waals surface area contributed by atoms with Crippen molar-refractivity contribution in [2.45, 2.75) is 26.7 Å². The summed E-state index contributed by atoms with van der Waals surface area (Å²) in [5.41, 5.74) is 1.81. The van der Waals surface area contributed by atoms with Crippen LogP contribution in [0.1, 0.15) is 29.1 Å². The topological polar surface area (TPSA) is 81.0 Å². The number of anilines is 1. The Bertz CT molecular complexity index is 627. The van der Waals surface area contributed by atoms with Crippen LogP contribution in [0.2, 0.25) is 0 Å². The lowest BCUT2D eigenvalue weighted by Crippen LogP contribution is -2.11. The highest BCUT2D eigenvalue weighted by molar-refractivity contribution is 7.09. The van der Waals surface area contributed by atoms with Crippen LogP contribution in [0, 0.1) is 24.0 Å². The Morgan fingerprint density at radius 3 is 2.80 bits per heavy atom. The molecule has 0 saturated heterocycles. The molecule has 0 fully saturated rings. The minimum Gasteiger partial charge on any atom is -0.369 e. The zero-order chi connectivity index (χ0) is 14.7. The zero-order valence-corrected chi connectivity index (χ0v) is 12.4.